The van der Waals surface area contributed by atoms with Gasteiger partial charge in [0.05, 0.1) is 23.6 Å². The normalized spacial score (nSPS) is 25.5. The third kappa shape index (κ3) is 3.35. The number of hydrogen-bond donors (Lipinski definition) is 2. The molecule has 0 aliphatic heterocycles. The van der Waals surface area contributed by atoms with E-state index in [9.17, 15) is 9.90 Å². The lowest BCUT2D eigenvalue weighted by molar-refractivity contribution is 0.0873. The third-order valence-corrected chi connectivity index (χ3v) is 4.84. The molecule has 0 spiro atoms. The van der Waals surface area contributed by atoms with Crippen LogP contribution in [0.5, 0.6) is 0 Å². The van der Waals surface area contributed by atoms with Crippen molar-refractivity contribution < 1.29 is 9.90 Å². The highest BCUT2D eigenvalue weighted by Crippen LogP contribution is 2.42. The minimum atomic E-state index is -0.193. The summed E-state index contributed by atoms with van der Waals surface area (Å²) in [6.07, 6.45) is 7.71. The van der Waals surface area contributed by atoms with Crippen LogP contribution in [0.15, 0.2) is 6.20 Å². The molecule has 2 saturated carbocycles. The standard InChI is InChI=1S/C17H27N3O2/c1-11(2)20-16(13-6-7-13)15(10-19-20)17(22)18-9-12-4-3-5-14(21)8-12/h10-14,21H,3-9H2,1-2H3,(H,18,22). The quantitative estimate of drug-likeness (QED) is 0.878. The second kappa shape index (κ2) is 6.41. The van der Waals surface area contributed by atoms with E-state index in [2.05, 4.69) is 24.3 Å². The third-order valence-electron chi connectivity index (χ3n) is 4.84. The summed E-state index contributed by atoms with van der Waals surface area (Å²) >= 11 is 0. The zero-order valence-electron chi connectivity index (χ0n) is 13.6. The van der Waals surface area contributed by atoms with E-state index < -0.39 is 0 Å². The number of aromatic nitrogens is 2. The molecule has 1 aromatic rings. The van der Waals surface area contributed by atoms with E-state index in [0.29, 0.717) is 18.4 Å². The van der Waals surface area contributed by atoms with Crippen molar-refractivity contribution in [1.82, 2.24) is 15.1 Å². The molecule has 0 bridgehead atoms. The fourth-order valence-electron chi connectivity index (χ4n) is 3.50. The highest BCUT2D eigenvalue weighted by Gasteiger charge is 2.33. The van der Waals surface area contributed by atoms with Crippen molar-refractivity contribution >= 4 is 5.91 Å². The summed E-state index contributed by atoms with van der Waals surface area (Å²) in [5.74, 6) is 0.897. The van der Waals surface area contributed by atoms with Crippen LogP contribution in [0.3, 0.4) is 0 Å². The molecule has 1 amide bonds. The second-order valence-electron chi connectivity index (χ2n) is 7.15. The molecular formula is C17H27N3O2. The van der Waals surface area contributed by atoms with Gasteiger partial charge in [-0.15, -0.1) is 0 Å². The van der Waals surface area contributed by atoms with Gasteiger partial charge in [-0.25, -0.2) is 0 Å². The fraction of sp³-hybridized carbons (Fsp3) is 0.765. The van der Waals surface area contributed by atoms with E-state index in [1.165, 1.54) is 0 Å². The maximum Gasteiger partial charge on any atom is 0.254 e. The van der Waals surface area contributed by atoms with Gasteiger partial charge in [0.2, 0.25) is 0 Å². The molecule has 0 saturated heterocycles. The van der Waals surface area contributed by atoms with Crippen molar-refractivity contribution in [3.63, 3.8) is 0 Å². The molecule has 2 aliphatic carbocycles. The number of hydrogen-bond acceptors (Lipinski definition) is 3. The molecule has 2 aliphatic rings. The molecule has 3 rings (SSSR count). The van der Waals surface area contributed by atoms with Gasteiger partial charge in [-0.2, -0.15) is 5.10 Å². The first-order chi connectivity index (χ1) is 10.6. The van der Waals surface area contributed by atoms with Crippen LogP contribution >= 0.6 is 0 Å². The van der Waals surface area contributed by atoms with E-state index in [0.717, 1.165) is 49.8 Å². The van der Waals surface area contributed by atoms with Gasteiger partial charge in [-0.05, 0) is 51.9 Å². The Morgan fingerprint density at radius 2 is 2.18 bits per heavy atom. The van der Waals surface area contributed by atoms with Crippen LogP contribution in [0.1, 0.15) is 80.4 Å². The Morgan fingerprint density at radius 3 is 2.82 bits per heavy atom. The maximum absolute atomic E-state index is 12.5. The molecule has 2 unspecified atom stereocenters. The average molecular weight is 305 g/mol. The number of amides is 1. The number of nitrogens with zero attached hydrogens (tertiary/aromatic N) is 2. The van der Waals surface area contributed by atoms with Crippen molar-refractivity contribution in [2.45, 2.75) is 70.4 Å². The first-order valence-corrected chi connectivity index (χ1v) is 8.60. The number of carbonyl (C=O) groups is 1. The van der Waals surface area contributed by atoms with Gasteiger partial charge in [0.1, 0.15) is 0 Å². The SMILES string of the molecule is CC(C)n1ncc(C(=O)NCC2CCCC(O)C2)c1C1CC1. The molecule has 2 N–H and O–H groups in total. The fourth-order valence-corrected chi connectivity index (χ4v) is 3.50. The summed E-state index contributed by atoms with van der Waals surface area (Å²) in [5.41, 5.74) is 1.85. The largest absolute Gasteiger partial charge is 0.393 e. The molecule has 0 aromatic carbocycles. The van der Waals surface area contributed by atoms with Gasteiger partial charge in [0, 0.05) is 18.5 Å². The lowest BCUT2D eigenvalue weighted by Crippen LogP contribution is -2.33. The molecule has 1 heterocycles. The van der Waals surface area contributed by atoms with Crippen LogP contribution in [0.25, 0.3) is 0 Å². The number of carbonyl (C=O) groups excluding carboxylic acids is 1. The number of nitrogens with one attached hydrogen (secondary N) is 1. The zero-order valence-corrected chi connectivity index (χ0v) is 13.6. The van der Waals surface area contributed by atoms with Crippen LogP contribution in [0.4, 0.5) is 0 Å². The Labute approximate surface area is 132 Å². The molecule has 2 atom stereocenters. The summed E-state index contributed by atoms with van der Waals surface area (Å²) in [5, 5.41) is 17.2. The lowest BCUT2D eigenvalue weighted by Gasteiger charge is -2.25. The Hall–Kier alpha value is -1.36. The Morgan fingerprint density at radius 1 is 1.41 bits per heavy atom. The zero-order chi connectivity index (χ0) is 15.7. The van der Waals surface area contributed by atoms with Crippen LogP contribution in [0, 0.1) is 5.92 Å². The van der Waals surface area contributed by atoms with E-state index in [-0.39, 0.29) is 18.1 Å². The highest BCUT2D eigenvalue weighted by atomic mass is 16.3. The van der Waals surface area contributed by atoms with E-state index in [4.69, 9.17) is 0 Å². The first kappa shape index (κ1) is 15.5. The van der Waals surface area contributed by atoms with Gasteiger partial charge >= 0.3 is 0 Å². The molecule has 5 heteroatoms. The van der Waals surface area contributed by atoms with Crippen molar-refractivity contribution in [2.24, 2.45) is 5.92 Å². The molecular weight excluding hydrogens is 278 g/mol. The van der Waals surface area contributed by atoms with Crippen molar-refractivity contribution in [2.75, 3.05) is 6.54 Å². The van der Waals surface area contributed by atoms with Crippen LogP contribution in [0.2, 0.25) is 0 Å². The van der Waals surface area contributed by atoms with Crippen molar-refractivity contribution in [3.05, 3.63) is 17.5 Å². The van der Waals surface area contributed by atoms with E-state index >= 15 is 0 Å². The van der Waals surface area contributed by atoms with Crippen LogP contribution < -0.4 is 5.32 Å². The van der Waals surface area contributed by atoms with Gasteiger partial charge in [0.15, 0.2) is 0 Å². The monoisotopic (exact) mass is 305 g/mol. The Bertz CT molecular complexity index is 534. The lowest BCUT2D eigenvalue weighted by atomic mass is 9.87. The smallest absolute Gasteiger partial charge is 0.254 e. The van der Waals surface area contributed by atoms with Gasteiger partial charge in [0.25, 0.3) is 5.91 Å². The van der Waals surface area contributed by atoms with Gasteiger partial charge in [-0.1, -0.05) is 6.42 Å². The molecule has 122 valence electrons. The maximum atomic E-state index is 12.5. The molecule has 0 radical (unpaired) electrons. The van der Waals surface area contributed by atoms with E-state index in [1.807, 2.05) is 4.68 Å². The predicted octanol–water partition coefficient (Wildman–Crippen LogP) is 2.62. The van der Waals surface area contributed by atoms with Crippen LogP contribution in [-0.2, 0) is 0 Å². The van der Waals surface area contributed by atoms with Crippen LogP contribution in [-0.4, -0.2) is 33.4 Å². The topological polar surface area (TPSA) is 67.2 Å². The molecule has 22 heavy (non-hydrogen) atoms. The first-order valence-electron chi connectivity index (χ1n) is 8.60. The minimum absolute atomic E-state index is 0.00568. The molecule has 2 fully saturated rings. The van der Waals surface area contributed by atoms with Crippen molar-refractivity contribution in [3.8, 4) is 0 Å². The van der Waals surface area contributed by atoms with Gasteiger partial charge in [-0.3, -0.25) is 9.48 Å². The summed E-state index contributed by atoms with van der Waals surface area (Å²) in [6.45, 7) is 4.86. The second-order valence-corrected chi connectivity index (χ2v) is 7.15. The number of aliphatic hydroxyl groups is 1. The van der Waals surface area contributed by atoms with E-state index in [1.54, 1.807) is 6.20 Å². The Kier molecular flexibility index (Phi) is 4.52. The molecule has 1 aromatic heterocycles. The number of rotatable bonds is 5. The summed E-state index contributed by atoms with van der Waals surface area (Å²) in [6, 6.07) is 0.283. The minimum Gasteiger partial charge on any atom is -0.393 e. The molecule has 5 nitrogen and oxygen atoms in total. The Balaban J connectivity index is 1.65. The highest BCUT2D eigenvalue weighted by molar-refractivity contribution is 5.95. The summed E-state index contributed by atoms with van der Waals surface area (Å²) in [7, 11) is 0. The van der Waals surface area contributed by atoms with Crippen molar-refractivity contribution in [1.29, 1.82) is 0 Å². The summed E-state index contributed by atoms with van der Waals surface area (Å²) in [4.78, 5) is 12.5. The predicted molar refractivity (Wildman–Crippen MR) is 84.9 cm³/mol. The number of aliphatic hydroxyl groups excluding tert-OH is 1. The average Bonchev–Trinajstić information content (AvgIpc) is 3.22. The van der Waals surface area contributed by atoms with Gasteiger partial charge < -0.3 is 10.4 Å². The summed E-state index contributed by atoms with van der Waals surface area (Å²) < 4.78 is 2.00.